The van der Waals surface area contributed by atoms with E-state index < -0.39 is 8.07 Å². The van der Waals surface area contributed by atoms with Gasteiger partial charge in [-0.2, -0.15) is 0 Å². The first-order valence-corrected chi connectivity index (χ1v) is 13.6. The molecule has 0 bridgehead atoms. The Bertz CT molecular complexity index is 1140. The summed E-state index contributed by atoms with van der Waals surface area (Å²) in [5.41, 5.74) is 10.6. The minimum Gasteiger partial charge on any atom is -0.298 e. The second-order valence-electron chi connectivity index (χ2n) is 9.51. The number of hydrogen-bond donors (Lipinski definition) is 0. The molecule has 0 aromatic heterocycles. The first-order chi connectivity index (χ1) is 14.7. The van der Waals surface area contributed by atoms with Gasteiger partial charge in [0.15, 0.2) is 6.29 Å². The van der Waals surface area contributed by atoms with E-state index in [-0.39, 0.29) is 0 Å². The summed E-state index contributed by atoms with van der Waals surface area (Å²) in [6.07, 6.45) is 0.955. The number of rotatable bonds is 5. The molecule has 0 spiro atoms. The molecule has 31 heavy (non-hydrogen) atoms. The smallest absolute Gasteiger partial charge is 0.150 e. The number of hydrogen-bond acceptors (Lipinski definition) is 1. The molecule has 0 fully saturated rings. The highest BCUT2D eigenvalue weighted by Gasteiger charge is 2.41. The van der Waals surface area contributed by atoms with Gasteiger partial charge in [-0.1, -0.05) is 96.0 Å². The van der Waals surface area contributed by atoms with E-state index in [1.165, 1.54) is 10.9 Å². The van der Waals surface area contributed by atoms with Crippen LogP contribution in [0.3, 0.4) is 0 Å². The van der Waals surface area contributed by atoms with Gasteiger partial charge in [0.1, 0.15) is 8.07 Å². The Kier molecular flexibility index (Phi) is 6.87. The van der Waals surface area contributed by atoms with Crippen molar-refractivity contribution < 1.29 is 4.79 Å². The summed E-state index contributed by atoms with van der Waals surface area (Å²) in [4.78, 5) is 11.9. The molecule has 0 atom stereocenters. The largest absolute Gasteiger partial charge is 0.298 e. The highest BCUT2D eigenvalue weighted by Crippen LogP contribution is 2.41. The molecule has 0 unspecified atom stereocenters. The second-order valence-corrected chi connectivity index (χ2v) is 15.1. The number of fused-ring (bicyclic) bond motifs is 1. The van der Waals surface area contributed by atoms with Gasteiger partial charge in [-0.15, -0.1) is 5.54 Å². The van der Waals surface area contributed by atoms with E-state index in [0.717, 1.165) is 28.4 Å². The van der Waals surface area contributed by atoms with Crippen molar-refractivity contribution in [3.8, 4) is 22.6 Å². The number of carbonyl (C=O) groups is 1. The van der Waals surface area contributed by atoms with Crippen LogP contribution in [0.2, 0.25) is 16.6 Å². The minimum absolute atomic E-state index is 0.576. The molecule has 0 radical (unpaired) electrons. The number of aryl methyl sites for hydroxylation is 1. The zero-order valence-corrected chi connectivity index (χ0v) is 20.9. The molecule has 3 aromatic rings. The van der Waals surface area contributed by atoms with Gasteiger partial charge in [-0.3, -0.25) is 4.79 Å². The van der Waals surface area contributed by atoms with Gasteiger partial charge in [-0.05, 0) is 51.5 Å². The van der Waals surface area contributed by atoms with Gasteiger partial charge in [0.05, 0.1) is 0 Å². The zero-order chi connectivity index (χ0) is 22.8. The van der Waals surface area contributed by atoms with Crippen molar-refractivity contribution in [1.29, 1.82) is 0 Å². The van der Waals surface area contributed by atoms with Crippen molar-refractivity contribution in [3.63, 3.8) is 0 Å². The molecule has 2 heteroatoms. The Labute approximate surface area is 188 Å². The Morgan fingerprint density at radius 3 is 1.94 bits per heavy atom. The maximum Gasteiger partial charge on any atom is 0.150 e. The fourth-order valence-corrected chi connectivity index (χ4v) is 10.6. The minimum atomic E-state index is -1.87. The SMILES string of the molecule is Cc1cc(C#C[Si](C(C)C)(C(C)C)C(C)C)c(-c2ccccc2C=O)c2ccccc12. The molecule has 0 aliphatic rings. The quantitative estimate of drug-likeness (QED) is 0.228. The number of carbonyl (C=O) groups excluding carboxylic acids is 1. The molecule has 1 nitrogen and oxygen atoms in total. The first kappa shape index (κ1) is 23.0. The highest BCUT2D eigenvalue weighted by atomic mass is 28.3. The Hall–Kier alpha value is -2.63. The van der Waals surface area contributed by atoms with E-state index in [1.54, 1.807) is 0 Å². The average Bonchev–Trinajstić information content (AvgIpc) is 2.73. The lowest BCUT2D eigenvalue weighted by Crippen LogP contribution is -2.43. The topological polar surface area (TPSA) is 17.1 Å². The normalized spacial score (nSPS) is 11.8. The molecule has 0 aliphatic heterocycles. The molecular weight excluding hydrogens is 392 g/mol. The predicted molar refractivity (Wildman–Crippen MR) is 137 cm³/mol. The molecule has 0 amide bonds. The summed E-state index contributed by atoms with van der Waals surface area (Å²) in [5.74, 6) is 3.68. The zero-order valence-electron chi connectivity index (χ0n) is 19.9. The van der Waals surface area contributed by atoms with Gasteiger partial charge < -0.3 is 0 Å². The van der Waals surface area contributed by atoms with E-state index in [0.29, 0.717) is 22.2 Å². The van der Waals surface area contributed by atoms with Crippen LogP contribution in [0.5, 0.6) is 0 Å². The van der Waals surface area contributed by atoms with E-state index in [9.17, 15) is 4.79 Å². The Balaban J connectivity index is 2.40. The number of benzene rings is 3. The summed E-state index contributed by atoms with van der Waals surface area (Å²) in [6, 6.07) is 18.5. The maximum absolute atomic E-state index is 11.9. The molecule has 0 saturated heterocycles. The maximum atomic E-state index is 11.9. The van der Waals surface area contributed by atoms with Gasteiger partial charge in [0, 0.05) is 16.7 Å². The third-order valence-corrected chi connectivity index (χ3v) is 13.2. The Morgan fingerprint density at radius 2 is 1.35 bits per heavy atom. The molecule has 0 saturated carbocycles. The molecule has 0 heterocycles. The van der Waals surface area contributed by atoms with Gasteiger partial charge >= 0.3 is 0 Å². The van der Waals surface area contributed by atoms with E-state index in [4.69, 9.17) is 0 Å². The summed E-state index contributed by atoms with van der Waals surface area (Å²) in [7, 11) is -1.87. The standard InChI is InChI=1S/C29H34OSi/c1-20(2)31(21(3)4,22(5)6)17-16-24-18-23(7)26-13-10-11-15-28(26)29(24)27-14-9-8-12-25(27)19-30/h8-15,18-22H,1-7H3. The molecule has 3 rings (SSSR count). The van der Waals surface area contributed by atoms with Crippen molar-refractivity contribution in [2.24, 2.45) is 0 Å². The fraction of sp³-hybridized carbons (Fsp3) is 0.345. The van der Waals surface area contributed by atoms with Crippen LogP contribution < -0.4 is 0 Å². The monoisotopic (exact) mass is 426 g/mol. The lowest BCUT2D eigenvalue weighted by Gasteiger charge is -2.38. The van der Waals surface area contributed by atoms with Crippen molar-refractivity contribution in [3.05, 3.63) is 71.3 Å². The van der Waals surface area contributed by atoms with Crippen molar-refractivity contribution in [1.82, 2.24) is 0 Å². The molecule has 3 aromatic carbocycles. The van der Waals surface area contributed by atoms with E-state index in [1.807, 2.05) is 24.3 Å². The molecule has 0 aliphatic carbocycles. The van der Waals surface area contributed by atoms with Crippen LogP contribution in [0.25, 0.3) is 21.9 Å². The van der Waals surface area contributed by atoms with Gasteiger partial charge in [0.25, 0.3) is 0 Å². The van der Waals surface area contributed by atoms with Crippen molar-refractivity contribution in [2.45, 2.75) is 65.1 Å². The van der Waals surface area contributed by atoms with Crippen LogP contribution in [0, 0.1) is 18.4 Å². The lowest BCUT2D eigenvalue weighted by molar-refractivity contribution is 0.112. The van der Waals surface area contributed by atoms with Crippen molar-refractivity contribution >= 4 is 25.1 Å². The summed E-state index contributed by atoms with van der Waals surface area (Å²) < 4.78 is 0. The van der Waals surface area contributed by atoms with Crippen LogP contribution in [-0.2, 0) is 0 Å². The van der Waals surface area contributed by atoms with Crippen LogP contribution in [-0.4, -0.2) is 14.4 Å². The van der Waals surface area contributed by atoms with Crippen molar-refractivity contribution in [2.75, 3.05) is 0 Å². The van der Waals surface area contributed by atoms with Crippen LogP contribution >= 0.6 is 0 Å². The molecular formula is C29H34OSi. The molecule has 0 N–H and O–H groups in total. The third-order valence-electron chi connectivity index (χ3n) is 6.89. The van der Waals surface area contributed by atoms with Gasteiger partial charge in [-0.25, -0.2) is 0 Å². The van der Waals surface area contributed by atoms with Crippen LogP contribution in [0.15, 0.2) is 54.6 Å². The van der Waals surface area contributed by atoms with E-state index >= 15 is 0 Å². The Morgan fingerprint density at radius 1 is 0.806 bits per heavy atom. The highest BCUT2D eigenvalue weighted by molar-refractivity contribution is 6.90. The number of aldehydes is 1. The average molecular weight is 427 g/mol. The summed E-state index contributed by atoms with van der Waals surface area (Å²) in [5, 5.41) is 2.37. The second kappa shape index (κ2) is 9.24. The van der Waals surface area contributed by atoms with Gasteiger partial charge in [0.2, 0.25) is 0 Å². The third kappa shape index (κ3) is 4.12. The van der Waals surface area contributed by atoms with Crippen LogP contribution in [0.1, 0.15) is 63.0 Å². The molecule has 160 valence electrons. The summed E-state index contributed by atoms with van der Waals surface area (Å²) >= 11 is 0. The van der Waals surface area contributed by atoms with E-state index in [2.05, 4.69) is 90.3 Å². The first-order valence-electron chi connectivity index (χ1n) is 11.3. The summed E-state index contributed by atoms with van der Waals surface area (Å²) in [6.45, 7) is 16.2. The fourth-order valence-electron chi connectivity index (χ4n) is 5.38. The predicted octanol–water partition coefficient (Wildman–Crippen LogP) is 8.20. The lowest BCUT2D eigenvalue weighted by atomic mass is 9.89. The van der Waals surface area contributed by atoms with Crippen LogP contribution in [0.4, 0.5) is 0 Å².